The molecule has 4 nitrogen and oxygen atoms in total. The Morgan fingerprint density at radius 3 is 2.48 bits per heavy atom. The number of hydrogen-bond acceptors (Lipinski definition) is 3. The Hall–Kier alpha value is -1.26. The molecule has 0 saturated carbocycles. The van der Waals surface area contributed by atoms with Crippen LogP contribution in [0, 0.1) is 0 Å². The number of amides is 1. The molecule has 1 aromatic carbocycles. The van der Waals surface area contributed by atoms with E-state index in [0.29, 0.717) is 30.3 Å². The van der Waals surface area contributed by atoms with Crippen LogP contribution in [0.1, 0.15) is 33.3 Å². The number of halogens is 1. The first-order chi connectivity index (χ1) is 9.90. The lowest BCUT2D eigenvalue weighted by molar-refractivity contribution is -0.137. The maximum Gasteiger partial charge on any atom is 0.263 e. The maximum absolute atomic E-state index is 12.3. The molecule has 5 heteroatoms. The largest absolute Gasteiger partial charge is 0.481 e. The van der Waals surface area contributed by atoms with Crippen LogP contribution in [0.4, 0.5) is 0 Å². The highest BCUT2D eigenvalue weighted by Gasteiger charge is 2.21. The summed E-state index contributed by atoms with van der Waals surface area (Å²) in [6.07, 6.45) is 0.0662. The number of carbonyl (C=O) groups excluding carboxylic acids is 1. The normalized spacial score (nSPS) is 13.6. The first-order valence-corrected chi connectivity index (χ1v) is 7.76. The summed E-state index contributed by atoms with van der Waals surface area (Å²) >= 11 is 6.22. The molecule has 0 radical (unpaired) electrons. The Labute approximate surface area is 132 Å². The minimum absolute atomic E-state index is 0.0216. The molecule has 0 bridgehead atoms. The van der Waals surface area contributed by atoms with Gasteiger partial charge in [0.05, 0.1) is 0 Å². The van der Waals surface area contributed by atoms with Crippen molar-refractivity contribution in [1.82, 2.24) is 4.90 Å². The minimum atomic E-state index is -0.546. The molecule has 0 aliphatic rings. The molecular formula is C16H25ClN2O2. The molecule has 21 heavy (non-hydrogen) atoms. The van der Waals surface area contributed by atoms with E-state index < -0.39 is 6.10 Å². The van der Waals surface area contributed by atoms with Crippen molar-refractivity contribution in [1.29, 1.82) is 0 Å². The summed E-state index contributed by atoms with van der Waals surface area (Å²) in [6, 6.07) is 5.43. The molecule has 0 spiro atoms. The zero-order valence-electron chi connectivity index (χ0n) is 13.2. The third kappa shape index (κ3) is 4.90. The second kappa shape index (κ2) is 8.25. The van der Waals surface area contributed by atoms with Crippen LogP contribution in [-0.4, -0.2) is 36.0 Å². The molecule has 0 aliphatic heterocycles. The molecule has 1 aromatic rings. The SMILES string of the molecule is CCN(CC)C(=O)C(C)Oc1cccc(Cl)c1CC(C)N. The number of rotatable bonds is 7. The minimum Gasteiger partial charge on any atom is -0.481 e. The number of likely N-dealkylation sites (N-methyl/N-ethyl adjacent to an activating group) is 1. The number of hydrogen-bond donors (Lipinski definition) is 1. The van der Waals surface area contributed by atoms with Gasteiger partial charge >= 0.3 is 0 Å². The van der Waals surface area contributed by atoms with Crippen LogP contribution in [0.5, 0.6) is 5.75 Å². The topological polar surface area (TPSA) is 55.6 Å². The molecule has 0 fully saturated rings. The van der Waals surface area contributed by atoms with Gasteiger partial charge in [0.2, 0.25) is 0 Å². The summed E-state index contributed by atoms with van der Waals surface area (Å²) in [5.41, 5.74) is 6.71. The Kier molecular flexibility index (Phi) is 6.99. The number of benzene rings is 1. The molecule has 2 N–H and O–H groups in total. The number of nitrogens with zero attached hydrogens (tertiary/aromatic N) is 1. The monoisotopic (exact) mass is 312 g/mol. The van der Waals surface area contributed by atoms with E-state index in [4.69, 9.17) is 22.1 Å². The Bertz CT molecular complexity index is 473. The van der Waals surface area contributed by atoms with Crippen molar-refractivity contribution in [3.05, 3.63) is 28.8 Å². The lowest BCUT2D eigenvalue weighted by Crippen LogP contribution is -2.40. The molecule has 0 aromatic heterocycles. The number of nitrogens with two attached hydrogens (primary N) is 1. The smallest absolute Gasteiger partial charge is 0.263 e. The van der Waals surface area contributed by atoms with Crippen LogP contribution in [0.15, 0.2) is 18.2 Å². The van der Waals surface area contributed by atoms with E-state index in [2.05, 4.69) is 0 Å². The van der Waals surface area contributed by atoms with Crippen molar-refractivity contribution < 1.29 is 9.53 Å². The number of ether oxygens (including phenoxy) is 1. The third-order valence-corrected chi connectivity index (χ3v) is 3.68. The highest BCUT2D eigenvalue weighted by Crippen LogP contribution is 2.28. The van der Waals surface area contributed by atoms with Crippen molar-refractivity contribution in [3.8, 4) is 5.75 Å². The molecule has 1 rings (SSSR count). The standard InChI is InChI=1S/C16H25ClN2O2/c1-5-19(6-2)16(20)12(4)21-15-9-7-8-14(17)13(15)10-11(3)18/h7-9,11-12H,5-6,10,18H2,1-4H3. The fraction of sp³-hybridized carbons (Fsp3) is 0.562. The maximum atomic E-state index is 12.3. The highest BCUT2D eigenvalue weighted by molar-refractivity contribution is 6.31. The van der Waals surface area contributed by atoms with Gasteiger partial charge in [-0.15, -0.1) is 0 Å². The van der Waals surface area contributed by atoms with Crippen LogP contribution in [-0.2, 0) is 11.2 Å². The van der Waals surface area contributed by atoms with E-state index in [-0.39, 0.29) is 11.9 Å². The summed E-state index contributed by atoms with van der Waals surface area (Å²) in [7, 11) is 0. The molecular weight excluding hydrogens is 288 g/mol. The second-order valence-corrected chi connectivity index (χ2v) is 5.58. The Morgan fingerprint density at radius 2 is 1.95 bits per heavy atom. The second-order valence-electron chi connectivity index (χ2n) is 5.17. The first-order valence-electron chi connectivity index (χ1n) is 7.39. The summed E-state index contributed by atoms with van der Waals surface area (Å²) < 4.78 is 5.84. The predicted molar refractivity (Wildman–Crippen MR) is 86.8 cm³/mol. The molecule has 2 unspecified atom stereocenters. The van der Waals surface area contributed by atoms with Gasteiger partial charge in [0, 0.05) is 29.7 Å². The van der Waals surface area contributed by atoms with Gasteiger partial charge in [-0.1, -0.05) is 17.7 Å². The van der Waals surface area contributed by atoms with Crippen molar-refractivity contribution in [3.63, 3.8) is 0 Å². The lowest BCUT2D eigenvalue weighted by Gasteiger charge is -2.24. The Morgan fingerprint density at radius 1 is 1.33 bits per heavy atom. The predicted octanol–water partition coefficient (Wildman–Crippen LogP) is 2.87. The van der Waals surface area contributed by atoms with Gasteiger partial charge in [-0.2, -0.15) is 0 Å². The fourth-order valence-electron chi connectivity index (χ4n) is 2.20. The average molecular weight is 313 g/mol. The van der Waals surface area contributed by atoms with Crippen LogP contribution < -0.4 is 10.5 Å². The van der Waals surface area contributed by atoms with Crippen molar-refractivity contribution in [2.24, 2.45) is 5.73 Å². The van der Waals surface area contributed by atoms with E-state index >= 15 is 0 Å². The van der Waals surface area contributed by atoms with Crippen LogP contribution in [0.25, 0.3) is 0 Å². The Balaban J connectivity index is 2.92. The zero-order valence-corrected chi connectivity index (χ0v) is 14.0. The number of carbonyl (C=O) groups is 1. The fourth-order valence-corrected chi connectivity index (χ4v) is 2.45. The van der Waals surface area contributed by atoms with Crippen molar-refractivity contribution >= 4 is 17.5 Å². The molecule has 0 saturated heterocycles. The molecule has 118 valence electrons. The third-order valence-electron chi connectivity index (χ3n) is 3.33. The van der Waals surface area contributed by atoms with Gasteiger partial charge in [0.25, 0.3) is 5.91 Å². The van der Waals surface area contributed by atoms with Crippen LogP contribution >= 0.6 is 11.6 Å². The quantitative estimate of drug-likeness (QED) is 0.842. The highest BCUT2D eigenvalue weighted by atomic mass is 35.5. The summed E-state index contributed by atoms with van der Waals surface area (Å²) in [4.78, 5) is 14.0. The first kappa shape index (κ1) is 17.8. The van der Waals surface area contributed by atoms with E-state index in [9.17, 15) is 4.79 Å². The van der Waals surface area contributed by atoms with E-state index in [0.717, 1.165) is 5.56 Å². The summed E-state index contributed by atoms with van der Waals surface area (Å²) in [6.45, 7) is 8.93. The van der Waals surface area contributed by atoms with E-state index in [1.54, 1.807) is 11.8 Å². The van der Waals surface area contributed by atoms with Gasteiger partial charge < -0.3 is 15.4 Å². The van der Waals surface area contributed by atoms with Gasteiger partial charge in [0.1, 0.15) is 5.75 Å². The van der Waals surface area contributed by atoms with E-state index in [1.807, 2.05) is 39.0 Å². The van der Waals surface area contributed by atoms with Gasteiger partial charge in [-0.3, -0.25) is 4.79 Å². The van der Waals surface area contributed by atoms with Crippen LogP contribution in [0.3, 0.4) is 0 Å². The lowest BCUT2D eigenvalue weighted by atomic mass is 10.1. The van der Waals surface area contributed by atoms with Gasteiger partial charge in [-0.25, -0.2) is 0 Å². The van der Waals surface area contributed by atoms with E-state index in [1.165, 1.54) is 0 Å². The average Bonchev–Trinajstić information content (AvgIpc) is 2.43. The van der Waals surface area contributed by atoms with Crippen molar-refractivity contribution in [2.45, 2.75) is 46.3 Å². The zero-order chi connectivity index (χ0) is 16.0. The van der Waals surface area contributed by atoms with Gasteiger partial charge in [-0.05, 0) is 46.2 Å². The van der Waals surface area contributed by atoms with Gasteiger partial charge in [0.15, 0.2) is 6.10 Å². The molecule has 2 atom stereocenters. The molecule has 0 heterocycles. The summed E-state index contributed by atoms with van der Waals surface area (Å²) in [5, 5.41) is 0.618. The molecule has 1 amide bonds. The molecule has 0 aliphatic carbocycles. The summed E-state index contributed by atoms with van der Waals surface area (Å²) in [5.74, 6) is 0.611. The van der Waals surface area contributed by atoms with Crippen LogP contribution in [0.2, 0.25) is 5.02 Å². The van der Waals surface area contributed by atoms with Crippen molar-refractivity contribution in [2.75, 3.05) is 13.1 Å².